The minimum absolute atomic E-state index is 0.283. The Balaban J connectivity index is 2.28. The highest BCUT2D eigenvalue weighted by Gasteiger charge is 2.44. The summed E-state index contributed by atoms with van der Waals surface area (Å²) in [6.07, 6.45) is 0.518. The maximum absolute atomic E-state index is 12.3. The molecule has 0 aliphatic carbocycles. The first-order chi connectivity index (χ1) is 10.8. The number of ether oxygens (including phenoxy) is 1. The number of fused-ring (bicyclic) bond motifs is 1. The fourth-order valence-corrected chi connectivity index (χ4v) is 2.88. The maximum Gasteiger partial charge on any atom is 0.251 e. The number of nitrogens with two attached hydrogens (primary N) is 1. The smallest absolute Gasteiger partial charge is 0.251 e. The molecule has 2 atom stereocenters. The van der Waals surface area contributed by atoms with Crippen LogP contribution in [0.3, 0.4) is 0 Å². The summed E-state index contributed by atoms with van der Waals surface area (Å²) >= 11 is 0. The largest absolute Gasteiger partial charge is 0.485 e. The van der Waals surface area contributed by atoms with Gasteiger partial charge >= 0.3 is 0 Å². The van der Waals surface area contributed by atoms with Gasteiger partial charge in [0.15, 0.2) is 0 Å². The molecular formula is C17H17N3O3. The lowest BCUT2D eigenvalue weighted by molar-refractivity contribution is -0.0642. The van der Waals surface area contributed by atoms with Crippen LogP contribution in [0.1, 0.15) is 31.0 Å². The molecule has 0 saturated heterocycles. The molecule has 0 unspecified atom stereocenters. The highest BCUT2D eigenvalue weighted by molar-refractivity contribution is 5.47. The summed E-state index contributed by atoms with van der Waals surface area (Å²) in [5.41, 5.74) is 6.06. The fourth-order valence-electron chi connectivity index (χ4n) is 2.88. The van der Waals surface area contributed by atoms with Gasteiger partial charge in [-0.3, -0.25) is 4.79 Å². The lowest BCUT2D eigenvalue weighted by atomic mass is 9.85. The molecular weight excluding hydrogens is 294 g/mol. The van der Waals surface area contributed by atoms with Gasteiger partial charge < -0.3 is 20.1 Å². The Morgan fingerprint density at radius 3 is 2.78 bits per heavy atom. The number of hydrogen-bond donors (Lipinski definition) is 2. The highest BCUT2D eigenvalue weighted by atomic mass is 16.5. The summed E-state index contributed by atoms with van der Waals surface area (Å²) in [7, 11) is 0. The van der Waals surface area contributed by atoms with Gasteiger partial charge in [-0.05, 0) is 38.1 Å². The zero-order chi connectivity index (χ0) is 16.8. The van der Waals surface area contributed by atoms with E-state index >= 15 is 0 Å². The number of anilines is 1. The van der Waals surface area contributed by atoms with E-state index in [9.17, 15) is 9.90 Å². The van der Waals surface area contributed by atoms with Crippen molar-refractivity contribution in [2.24, 2.45) is 0 Å². The third-order valence-corrected chi connectivity index (χ3v) is 4.10. The van der Waals surface area contributed by atoms with Gasteiger partial charge in [0.1, 0.15) is 17.5 Å². The van der Waals surface area contributed by atoms with Gasteiger partial charge in [-0.15, -0.1) is 0 Å². The van der Waals surface area contributed by atoms with Gasteiger partial charge in [-0.25, -0.2) is 0 Å². The van der Waals surface area contributed by atoms with Crippen molar-refractivity contribution in [3.05, 3.63) is 58.0 Å². The van der Waals surface area contributed by atoms with Crippen LogP contribution >= 0.6 is 0 Å². The predicted molar refractivity (Wildman–Crippen MR) is 85.1 cm³/mol. The van der Waals surface area contributed by atoms with Gasteiger partial charge in [-0.2, -0.15) is 5.26 Å². The monoisotopic (exact) mass is 311 g/mol. The zero-order valence-corrected chi connectivity index (χ0v) is 12.9. The summed E-state index contributed by atoms with van der Waals surface area (Å²) in [4.78, 5) is 12.3. The second-order valence-corrected chi connectivity index (χ2v) is 6.17. The van der Waals surface area contributed by atoms with E-state index in [0.29, 0.717) is 22.6 Å². The molecule has 0 bridgehead atoms. The van der Waals surface area contributed by atoms with Crippen LogP contribution in [-0.4, -0.2) is 21.4 Å². The molecule has 0 fully saturated rings. The second kappa shape index (κ2) is 5.14. The molecule has 0 saturated carbocycles. The number of aliphatic hydroxyl groups excluding tert-OH is 1. The number of aliphatic hydroxyl groups is 1. The van der Waals surface area contributed by atoms with E-state index < -0.39 is 17.7 Å². The standard InChI is InChI=1S/C17H17N3O3/c1-17(2)16(22)15(20-9-11(19)4-6-14(20)21)12-7-10(8-18)3-5-13(12)23-17/h3-7,9,15-16,22H,19H2,1-2H3/t15-,16+/m1/s1. The summed E-state index contributed by atoms with van der Waals surface area (Å²) < 4.78 is 7.24. The van der Waals surface area contributed by atoms with E-state index in [-0.39, 0.29) is 5.56 Å². The highest BCUT2D eigenvalue weighted by Crippen LogP contribution is 2.41. The molecule has 118 valence electrons. The molecule has 0 spiro atoms. The molecule has 3 N–H and O–H groups in total. The zero-order valence-electron chi connectivity index (χ0n) is 12.9. The molecule has 6 nitrogen and oxygen atoms in total. The number of hydrogen-bond acceptors (Lipinski definition) is 5. The molecule has 0 amide bonds. The lowest BCUT2D eigenvalue weighted by Crippen LogP contribution is -2.52. The Bertz CT molecular complexity index is 864. The average molecular weight is 311 g/mol. The molecule has 6 heteroatoms. The molecule has 3 rings (SSSR count). The summed E-state index contributed by atoms with van der Waals surface area (Å²) in [6.45, 7) is 3.51. The number of nitriles is 1. The molecule has 2 heterocycles. The number of nitrogen functional groups attached to an aromatic ring is 1. The van der Waals surface area contributed by atoms with E-state index in [1.807, 2.05) is 0 Å². The molecule has 23 heavy (non-hydrogen) atoms. The summed E-state index contributed by atoms with van der Waals surface area (Å²) in [5, 5.41) is 19.9. The normalized spacial score (nSPS) is 21.8. The van der Waals surface area contributed by atoms with Crippen LogP contribution in [-0.2, 0) is 0 Å². The Labute approximate surface area is 133 Å². The van der Waals surface area contributed by atoms with Crippen molar-refractivity contribution in [3.63, 3.8) is 0 Å². The van der Waals surface area contributed by atoms with Crippen LogP contribution in [0, 0.1) is 11.3 Å². The van der Waals surface area contributed by atoms with E-state index in [2.05, 4.69) is 6.07 Å². The first-order valence-corrected chi connectivity index (χ1v) is 7.22. The number of aromatic nitrogens is 1. The van der Waals surface area contributed by atoms with E-state index in [4.69, 9.17) is 15.7 Å². The molecule has 0 radical (unpaired) electrons. The number of nitrogens with zero attached hydrogens (tertiary/aromatic N) is 2. The van der Waals surface area contributed by atoms with Crippen molar-refractivity contribution in [2.45, 2.75) is 31.6 Å². The van der Waals surface area contributed by atoms with Crippen molar-refractivity contribution in [1.82, 2.24) is 4.57 Å². The number of benzene rings is 1. The van der Waals surface area contributed by atoms with Crippen molar-refractivity contribution in [2.75, 3.05) is 5.73 Å². The van der Waals surface area contributed by atoms with Crippen LogP contribution in [0.4, 0.5) is 5.69 Å². The molecule has 1 aromatic carbocycles. The first-order valence-electron chi connectivity index (χ1n) is 7.22. The Hall–Kier alpha value is -2.78. The molecule has 1 aliphatic rings. The third-order valence-electron chi connectivity index (χ3n) is 4.10. The predicted octanol–water partition coefficient (Wildman–Crippen LogP) is 1.42. The minimum atomic E-state index is -0.983. The van der Waals surface area contributed by atoms with E-state index in [1.54, 1.807) is 32.0 Å². The molecule has 2 aromatic rings. The lowest BCUT2D eigenvalue weighted by Gasteiger charge is -2.42. The Morgan fingerprint density at radius 2 is 2.09 bits per heavy atom. The van der Waals surface area contributed by atoms with Gasteiger partial charge in [0.2, 0.25) is 0 Å². The van der Waals surface area contributed by atoms with E-state index in [0.717, 1.165) is 0 Å². The fraction of sp³-hybridized carbons (Fsp3) is 0.294. The van der Waals surface area contributed by atoms with Crippen LogP contribution in [0.2, 0.25) is 0 Å². The van der Waals surface area contributed by atoms with Crippen LogP contribution in [0.25, 0.3) is 0 Å². The van der Waals surface area contributed by atoms with Crippen molar-refractivity contribution in [1.29, 1.82) is 5.26 Å². The van der Waals surface area contributed by atoms with Crippen molar-refractivity contribution in [3.8, 4) is 11.8 Å². The van der Waals surface area contributed by atoms with Crippen molar-refractivity contribution < 1.29 is 9.84 Å². The second-order valence-electron chi connectivity index (χ2n) is 6.17. The summed E-state index contributed by atoms with van der Waals surface area (Å²) in [6, 6.07) is 9.22. The van der Waals surface area contributed by atoms with Crippen LogP contribution in [0.15, 0.2) is 41.3 Å². The molecule has 1 aliphatic heterocycles. The minimum Gasteiger partial charge on any atom is -0.485 e. The molecule has 1 aromatic heterocycles. The number of rotatable bonds is 1. The van der Waals surface area contributed by atoms with Crippen molar-refractivity contribution >= 4 is 5.69 Å². The third kappa shape index (κ3) is 2.45. The maximum atomic E-state index is 12.3. The average Bonchev–Trinajstić information content (AvgIpc) is 2.51. The van der Waals surface area contributed by atoms with Gasteiger partial charge in [-0.1, -0.05) is 0 Å². The van der Waals surface area contributed by atoms with Gasteiger partial charge in [0, 0.05) is 23.5 Å². The van der Waals surface area contributed by atoms with Gasteiger partial charge in [0.05, 0.1) is 17.7 Å². The van der Waals surface area contributed by atoms with Crippen LogP contribution < -0.4 is 16.0 Å². The quantitative estimate of drug-likeness (QED) is 0.829. The topological polar surface area (TPSA) is 101 Å². The Morgan fingerprint density at radius 1 is 1.35 bits per heavy atom. The van der Waals surface area contributed by atoms with Gasteiger partial charge in [0.25, 0.3) is 5.56 Å². The Kier molecular flexibility index (Phi) is 3.38. The van der Waals surface area contributed by atoms with Crippen LogP contribution in [0.5, 0.6) is 5.75 Å². The SMILES string of the molecule is CC1(C)Oc2ccc(C#N)cc2[C@@H](n2cc(N)ccc2=O)[C@@H]1O. The summed E-state index contributed by atoms with van der Waals surface area (Å²) in [5.74, 6) is 0.540. The van der Waals surface area contributed by atoms with E-state index in [1.165, 1.54) is 22.9 Å². The number of pyridine rings is 1. The first kappa shape index (κ1) is 15.1.